The van der Waals surface area contributed by atoms with Gasteiger partial charge in [-0.05, 0) is 31.2 Å². The number of benzene rings is 1. The molecule has 0 atom stereocenters. The van der Waals surface area contributed by atoms with Crippen LogP contribution in [0.4, 0.5) is 0 Å². The maximum absolute atomic E-state index is 10.8. The minimum atomic E-state index is -0.637. The maximum Gasteiger partial charge on any atom is 0.306 e. The fraction of sp³-hybridized carbons (Fsp3) is 0.438. The smallest absolute Gasteiger partial charge is 0.306 e. The number of rotatable bonds is 5. The Balaban J connectivity index is 1.67. The molecule has 0 aliphatic heterocycles. The lowest BCUT2D eigenvalue weighted by Crippen LogP contribution is -2.34. The topological polar surface area (TPSA) is 49.3 Å². The van der Waals surface area contributed by atoms with Crippen molar-refractivity contribution < 1.29 is 9.90 Å². The summed E-state index contributed by atoms with van der Waals surface area (Å²) in [5, 5.41) is 12.4. The van der Waals surface area contributed by atoms with Crippen LogP contribution in [0.1, 0.15) is 31.2 Å². The first-order chi connectivity index (χ1) is 9.25. The van der Waals surface area contributed by atoms with E-state index in [1.165, 1.54) is 5.56 Å². The molecule has 1 aromatic rings. The predicted molar refractivity (Wildman–Crippen MR) is 76.9 cm³/mol. The van der Waals surface area contributed by atoms with Gasteiger partial charge in [-0.2, -0.15) is 0 Å². The standard InChI is InChI=1S/C16H21NO2/c18-16(19)14-8-10-15(11-9-14)17-12-4-7-13-5-2-1-3-6-13/h1-7,14-15,17H,8-12H2,(H,18,19)/b7-4+. The highest BCUT2D eigenvalue weighted by atomic mass is 16.4. The molecule has 2 rings (SSSR count). The van der Waals surface area contributed by atoms with Crippen molar-refractivity contribution in [1.82, 2.24) is 5.32 Å². The molecule has 1 fully saturated rings. The summed E-state index contributed by atoms with van der Waals surface area (Å²) < 4.78 is 0. The third kappa shape index (κ3) is 4.52. The molecule has 2 N–H and O–H groups in total. The minimum absolute atomic E-state index is 0.127. The molecule has 1 saturated carbocycles. The van der Waals surface area contributed by atoms with Crippen LogP contribution in [0.2, 0.25) is 0 Å². The second-order valence-electron chi connectivity index (χ2n) is 5.11. The molecule has 0 amide bonds. The fourth-order valence-corrected chi connectivity index (χ4v) is 2.54. The number of nitrogens with one attached hydrogen (secondary N) is 1. The van der Waals surface area contributed by atoms with Gasteiger partial charge in [0.25, 0.3) is 0 Å². The van der Waals surface area contributed by atoms with Gasteiger partial charge in [0, 0.05) is 12.6 Å². The Bertz CT molecular complexity index is 420. The molecular weight excluding hydrogens is 238 g/mol. The molecule has 0 radical (unpaired) electrons. The average molecular weight is 259 g/mol. The van der Waals surface area contributed by atoms with Crippen LogP contribution in [0.15, 0.2) is 36.4 Å². The van der Waals surface area contributed by atoms with Gasteiger partial charge < -0.3 is 10.4 Å². The van der Waals surface area contributed by atoms with Gasteiger partial charge in [-0.25, -0.2) is 0 Å². The van der Waals surface area contributed by atoms with E-state index in [0.29, 0.717) is 6.04 Å². The van der Waals surface area contributed by atoms with Crippen LogP contribution in [0.5, 0.6) is 0 Å². The van der Waals surface area contributed by atoms with E-state index < -0.39 is 5.97 Å². The molecule has 3 nitrogen and oxygen atoms in total. The molecule has 0 spiro atoms. The number of carboxylic acid groups (broad SMARTS) is 1. The van der Waals surface area contributed by atoms with Crippen molar-refractivity contribution in [2.45, 2.75) is 31.7 Å². The second kappa shape index (κ2) is 7.10. The highest BCUT2D eigenvalue weighted by Crippen LogP contribution is 2.24. The van der Waals surface area contributed by atoms with Crippen molar-refractivity contribution in [3.63, 3.8) is 0 Å². The summed E-state index contributed by atoms with van der Waals surface area (Å²) in [5.41, 5.74) is 1.21. The number of carbonyl (C=O) groups is 1. The number of hydrogen-bond acceptors (Lipinski definition) is 2. The normalized spacial score (nSPS) is 23.6. The zero-order valence-electron chi connectivity index (χ0n) is 11.1. The summed E-state index contributed by atoms with van der Waals surface area (Å²) in [5.74, 6) is -0.764. The monoisotopic (exact) mass is 259 g/mol. The van der Waals surface area contributed by atoms with Crippen LogP contribution in [-0.2, 0) is 4.79 Å². The summed E-state index contributed by atoms with van der Waals surface area (Å²) in [6.45, 7) is 0.845. The van der Waals surface area contributed by atoms with Gasteiger partial charge in [0.2, 0.25) is 0 Å². The van der Waals surface area contributed by atoms with Crippen LogP contribution < -0.4 is 5.32 Å². The van der Waals surface area contributed by atoms with E-state index >= 15 is 0 Å². The second-order valence-corrected chi connectivity index (χ2v) is 5.11. The largest absolute Gasteiger partial charge is 0.481 e. The van der Waals surface area contributed by atoms with E-state index in [0.717, 1.165) is 32.2 Å². The van der Waals surface area contributed by atoms with Gasteiger partial charge >= 0.3 is 5.97 Å². The molecule has 1 aliphatic carbocycles. The van der Waals surface area contributed by atoms with Gasteiger partial charge in [0.1, 0.15) is 0 Å². The van der Waals surface area contributed by atoms with Crippen LogP contribution in [0, 0.1) is 5.92 Å². The summed E-state index contributed by atoms with van der Waals surface area (Å²) in [6.07, 6.45) is 7.77. The Morgan fingerprint density at radius 2 is 1.89 bits per heavy atom. The van der Waals surface area contributed by atoms with Gasteiger partial charge in [-0.3, -0.25) is 4.79 Å². The van der Waals surface area contributed by atoms with Gasteiger partial charge in [-0.15, -0.1) is 0 Å². The van der Waals surface area contributed by atoms with E-state index in [-0.39, 0.29) is 5.92 Å². The van der Waals surface area contributed by atoms with Crippen molar-refractivity contribution >= 4 is 12.0 Å². The molecule has 1 aliphatic rings. The van der Waals surface area contributed by atoms with E-state index in [1.54, 1.807) is 0 Å². The van der Waals surface area contributed by atoms with Gasteiger partial charge in [-0.1, -0.05) is 42.5 Å². The van der Waals surface area contributed by atoms with E-state index in [2.05, 4.69) is 29.6 Å². The molecule has 3 heteroatoms. The Labute approximate surface area is 114 Å². The first-order valence-corrected chi connectivity index (χ1v) is 6.93. The lowest BCUT2D eigenvalue weighted by molar-refractivity contribution is -0.142. The average Bonchev–Trinajstić information content (AvgIpc) is 2.45. The van der Waals surface area contributed by atoms with E-state index in [9.17, 15) is 4.79 Å². The molecule has 0 unspecified atom stereocenters. The Morgan fingerprint density at radius 1 is 1.21 bits per heavy atom. The molecular formula is C16H21NO2. The highest BCUT2D eigenvalue weighted by molar-refractivity contribution is 5.70. The molecule has 102 valence electrons. The van der Waals surface area contributed by atoms with E-state index in [1.807, 2.05) is 18.2 Å². The number of carboxylic acids is 1. The molecule has 0 saturated heterocycles. The lowest BCUT2D eigenvalue weighted by atomic mass is 9.86. The van der Waals surface area contributed by atoms with Gasteiger partial charge in [0.05, 0.1) is 5.92 Å². The van der Waals surface area contributed by atoms with E-state index in [4.69, 9.17) is 5.11 Å². The molecule has 0 heterocycles. The number of hydrogen-bond donors (Lipinski definition) is 2. The van der Waals surface area contributed by atoms with Crippen LogP contribution in [0.25, 0.3) is 6.08 Å². The zero-order chi connectivity index (χ0) is 13.5. The van der Waals surface area contributed by atoms with Crippen molar-refractivity contribution in [2.24, 2.45) is 5.92 Å². The van der Waals surface area contributed by atoms with Crippen LogP contribution in [-0.4, -0.2) is 23.7 Å². The van der Waals surface area contributed by atoms with Crippen LogP contribution >= 0.6 is 0 Å². The molecule has 1 aromatic carbocycles. The van der Waals surface area contributed by atoms with Crippen LogP contribution in [0.3, 0.4) is 0 Å². The van der Waals surface area contributed by atoms with Crippen molar-refractivity contribution in [2.75, 3.05) is 6.54 Å². The summed E-state index contributed by atoms with van der Waals surface area (Å²) in [7, 11) is 0. The molecule has 0 bridgehead atoms. The summed E-state index contributed by atoms with van der Waals surface area (Å²) in [6, 6.07) is 10.7. The first-order valence-electron chi connectivity index (χ1n) is 6.93. The SMILES string of the molecule is O=C(O)C1CCC(NC/C=C/c2ccccc2)CC1. The zero-order valence-corrected chi connectivity index (χ0v) is 11.1. The maximum atomic E-state index is 10.8. The molecule has 19 heavy (non-hydrogen) atoms. The summed E-state index contributed by atoms with van der Waals surface area (Å²) >= 11 is 0. The Kier molecular flexibility index (Phi) is 5.16. The van der Waals surface area contributed by atoms with Crippen molar-refractivity contribution in [3.8, 4) is 0 Å². The third-order valence-electron chi connectivity index (χ3n) is 3.71. The third-order valence-corrected chi connectivity index (χ3v) is 3.71. The summed E-state index contributed by atoms with van der Waals surface area (Å²) in [4.78, 5) is 10.8. The Hall–Kier alpha value is -1.61. The predicted octanol–water partition coefficient (Wildman–Crippen LogP) is 2.93. The minimum Gasteiger partial charge on any atom is -0.481 e. The fourth-order valence-electron chi connectivity index (χ4n) is 2.54. The van der Waals surface area contributed by atoms with Crippen molar-refractivity contribution in [1.29, 1.82) is 0 Å². The van der Waals surface area contributed by atoms with Gasteiger partial charge in [0.15, 0.2) is 0 Å². The van der Waals surface area contributed by atoms with Crippen molar-refractivity contribution in [3.05, 3.63) is 42.0 Å². The first kappa shape index (κ1) is 13.8. The number of aliphatic carboxylic acids is 1. The quantitative estimate of drug-likeness (QED) is 0.854. The Morgan fingerprint density at radius 3 is 2.53 bits per heavy atom. The lowest BCUT2D eigenvalue weighted by Gasteiger charge is -2.26. The molecule has 0 aromatic heterocycles. The highest BCUT2D eigenvalue weighted by Gasteiger charge is 2.25.